The van der Waals surface area contributed by atoms with Gasteiger partial charge in [-0.15, -0.1) is 0 Å². The zero-order chi connectivity index (χ0) is 10.4. The highest BCUT2D eigenvalue weighted by Gasteiger charge is 2.11. The Balaban J connectivity index is 2.72. The second kappa shape index (κ2) is 5.40. The first-order chi connectivity index (χ1) is 6.77. The minimum absolute atomic E-state index is 0.460. The van der Waals surface area contributed by atoms with Gasteiger partial charge >= 0.3 is 0 Å². The molecule has 0 aromatic heterocycles. The molecule has 1 aromatic rings. The van der Waals surface area contributed by atoms with E-state index in [1.54, 1.807) is 0 Å². The van der Waals surface area contributed by atoms with E-state index in [0.717, 1.165) is 12.0 Å². The van der Waals surface area contributed by atoms with Crippen molar-refractivity contribution < 1.29 is 5.32 Å². The molecule has 1 aromatic carbocycles. The lowest BCUT2D eigenvalue weighted by Gasteiger charge is -2.13. The molecule has 0 fully saturated rings. The predicted molar refractivity (Wildman–Crippen MR) is 61.0 cm³/mol. The lowest BCUT2D eigenvalue weighted by molar-refractivity contribution is -0.669. The highest BCUT2D eigenvalue weighted by Crippen LogP contribution is 2.16. The van der Waals surface area contributed by atoms with Gasteiger partial charge < -0.3 is 5.32 Å². The predicted octanol–water partition coefficient (Wildman–Crippen LogP) is 2.05. The molecule has 14 heavy (non-hydrogen) atoms. The van der Waals surface area contributed by atoms with Crippen LogP contribution in [0, 0.1) is 0 Å². The summed E-state index contributed by atoms with van der Waals surface area (Å²) in [6, 6.07) is 11.0. The first-order valence-electron chi connectivity index (χ1n) is 4.92. The summed E-state index contributed by atoms with van der Waals surface area (Å²) < 4.78 is 0. The van der Waals surface area contributed by atoms with Crippen LogP contribution in [0.1, 0.15) is 18.0 Å². The van der Waals surface area contributed by atoms with Crippen LogP contribution in [0.4, 0.5) is 0 Å². The third-order valence-corrected chi connectivity index (χ3v) is 2.40. The molecule has 0 saturated carbocycles. The molecule has 2 N–H and O–H groups in total. The van der Waals surface area contributed by atoms with Gasteiger partial charge in [0.1, 0.15) is 6.04 Å². The Labute approximate surface area is 86.2 Å². The SMILES string of the molecule is C=CC(=C)C[C@@H]([NH2+]C)c1ccccc1. The quantitative estimate of drug-likeness (QED) is 0.681. The van der Waals surface area contributed by atoms with Crippen LogP contribution in [-0.2, 0) is 0 Å². The fourth-order valence-electron chi connectivity index (χ4n) is 1.49. The normalized spacial score (nSPS) is 12.1. The van der Waals surface area contributed by atoms with Crippen molar-refractivity contribution in [2.75, 3.05) is 7.05 Å². The van der Waals surface area contributed by atoms with Crippen LogP contribution >= 0.6 is 0 Å². The van der Waals surface area contributed by atoms with Crippen LogP contribution in [0.3, 0.4) is 0 Å². The molecule has 74 valence electrons. The second-order valence-corrected chi connectivity index (χ2v) is 3.42. The molecule has 0 amide bonds. The third-order valence-electron chi connectivity index (χ3n) is 2.40. The zero-order valence-electron chi connectivity index (χ0n) is 8.74. The van der Waals surface area contributed by atoms with E-state index in [0.29, 0.717) is 6.04 Å². The Bertz CT molecular complexity index is 300. The Morgan fingerprint density at radius 2 is 2.07 bits per heavy atom. The number of allylic oxidation sites excluding steroid dienone is 1. The lowest BCUT2D eigenvalue weighted by atomic mass is 10.00. The maximum absolute atomic E-state index is 3.95. The van der Waals surface area contributed by atoms with E-state index in [1.807, 2.05) is 12.1 Å². The molecule has 0 unspecified atom stereocenters. The van der Waals surface area contributed by atoms with E-state index in [2.05, 4.69) is 49.8 Å². The molecule has 0 aliphatic heterocycles. The van der Waals surface area contributed by atoms with Gasteiger partial charge in [-0.05, 0) is 5.57 Å². The van der Waals surface area contributed by atoms with Crippen molar-refractivity contribution in [3.63, 3.8) is 0 Å². The summed E-state index contributed by atoms with van der Waals surface area (Å²) in [4.78, 5) is 0. The highest BCUT2D eigenvalue weighted by molar-refractivity contribution is 5.21. The molecule has 1 nitrogen and oxygen atoms in total. The van der Waals surface area contributed by atoms with E-state index in [1.165, 1.54) is 5.56 Å². The van der Waals surface area contributed by atoms with Gasteiger partial charge in [-0.2, -0.15) is 0 Å². The molecule has 0 aliphatic rings. The van der Waals surface area contributed by atoms with Gasteiger partial charge in [-0.3, -0.25) is 0 Å². The number of hydrogen-bond acceptors (Lipinski definition) is 0. The third kappa shape index (κ3) is 2.86. The minimum atomic E-state index is 0.460. The molecule has 0 radical (unpaired) electrons. The molecule has 1 rings (SSSR count). The fourth-order valence-corrected chi connectivity index (χ4v) is 1.49. The standard InChI is InChI=1S/C13H17N/c1-4-11(2)10-13(14-3)12-8-6-5-7-9-12/h4-9,13-14H,1-2,10H2,3H3/p+1/t13-/m1/s1. The van der Waals surface area contributed by atoms with E-state index in [-0.39, 0.29) is 0 Å². The van der Waals surface area contributed by atoms with Crippen molar-refractivity contribution in [1.29, 1.82) is 0 Å². The topological polar surface area (TPSA) is 16.6 Å². The van der Waals surface area contributed by atoms with E-state index in [9.17, 15) is 0 Å². The average Bonchev–Trinajstić information content (AvgIpc) is 2.26. The van der Waals surface area contributed by atoms with Gasteiger partial charge in [0.15, 0.2) is 0 Å². The molecular weight excluding hydrogens is 170 g/mol. The van der Waals surface area contributed by atoms with Gasteiger partial charge in [0.05, 0.1) is 7.05 Å². The summed E-state index contributed by atoms with van der Waals surface area (Å²) in [6.45, 7) is 7.68. The van der Waals surface area contributed by atoms with Crippen molar-refractivity contribution in [2.45, 2.75) is 12.5 Å². The molecule has 1 atom stereocenters. The minimum Gasteiger partial charge on any atom is -0.342 e. The Kier molecular flexibility index (Phi) is 4.14. The molecule has 0 heterocycles. The van der Waals surface area contributed by atoms with Gasteiger partial charge in [0.2, 0.25) is 0 Å². The Morgan fingerprint density at radius 3 is 2.57 bits per heavy atom. The molecule has 1 heteroatoms. The monoisotopic (exact) mass is 188 g/mol. The van der Waals surface area contributed by atoms with Crippen molar-refractivity contribution in [2.24, 2.45) is 0 Å². The smallest absolute Gasteiger partial charge is 0.115 e. The van der Waals surface area contributed by atoms with E-state index >= 15 is 0 Å². The molecule has 0 spiro atoms. The maximum atomic E-state index is 3.95. The molecule has 0 saturated heterocycles. The summed E-state index contributed by atoms with van der Waals surface area (Å²) in [7, 11) is 2.09. The first kappa shape index (κ1) is 10.7. The van der Waals surface area contributed by atoms with Gasteiger partial charge in [0, 0.05) is 12.0 Å². The summed E-state index contributed by atoms with van der Waals surface area (Å²) in [5.41, 5.74) is 2.44. The summed E-state index contributed by atoms with van der Waals surface area (Å²) in [5.74, 6) is 0. The largest absolute Gasteiger partial charge is 0.342 e. The fraction of sp³-hybridized carbons (Fsp3) is 0.231. The number of benzene rings is 1. The molecular formula is C13H18N+. The van der Waals surface area contributed by atoms with Crippen molar-refractivity contribution in [1.82, 2.24) is 0 Å². The van der Waals surface area contributed by atoms with Gasteiger partial charge in [-0.1, -0.05) is 49.6 Å². The van der Waals surface area contributed by atoms with Gasteiger partial charge in [-0.25, -0.2) is 0 Å². The second-order valence-electron chi connectivity index (χ2n) is 3.42. The van der Waals surface area contributed by atoms with Crippen LogP contribution in [0.5, 0.6) is 0 Å². The average molecular weight is 188 g/mol. The van der Waals surface area contributed by atoms with Crippen LogP contribution in [0.25, 0.3) is 0 Å². The molecule has 0 bridgehead atoms. The van der Waals surface area contributed by atoms with Crippen LogP contribution in [-0.4, -0.2) is 7.05 Å². The number of nitrogens with two attached hydrogens (primary N) is 1. The Hall–Kier alpha value is -1.34. The van der Waals surface area contributed by atoms with Crippen LogP contribution in [0.2, 0.25) is 0 Å². The summed E-state index contributed by atoms with van der Waals surface area (Å²) in [5, 5.41) is 2.21. The number of rotatable bonds is 5. The van der Waals surface area contributed by atoms with E-state index < -0.39 is 0 Å². The zero-order valence-corrected chi connectivity index (χ0v) is 8.74. The van der Waals surface area contributed by atoms with Crippen molar-refractivity contribution in [3.05, 3.63) is 60.7 Å². The van der Waals surface area contributed by atoms with Crippen molar-refractivity contribution in [3.8, 4) is 0 Å². The first-order valence-corrected chi connectivity index (χ1v) is 4.92. The summed E-state index contributed by atoms with van der Waals surface area (Å²) >= 11 is 0. The van der Waals surface area contributed by atoms with Crippen molar-refractivity contribution >= 4 is 0 Å². The molecule has 0 aliphatic carbocycles. The van der Waals surface area contributed by atoms with Gasteiger partial charge in [0.25, 0.3) is 0 Å². The maximum Gasteiger partial charge on any atom is 0.115 e. The highest BCUT2D eigenvalue weighted by atomic mass is 14.9. The van der Waals surface area contributed by atoms with Crippen LogP contribution < -0.4 is 5.32 Å². The number of quaternary nitrogens is 1. The summed E-state index contributed by atoms with van der Waals surface area (Å²) in [6.07, 6.45) is 2.80. The van der Waals surface area contributed by atoms with Crippen LogP contribution in [0.15, 0.2) is 55.1 Å². The van der Waals surface area contributed by atoms with E-state index in [4.69, 9.17) is 0 Å². The Morgan fingerprint density at radius 1 is 1.43 bits per heavy atom. The number of hydrogen-bond donors (Lipinski definition) is 1. The lowest BCUT2D eigenvalue weighted by Crippen LogP contribution is -2.80.